The molecule has 0 aliphatic rings. The zero-order valence-electron chi connectivity index (χ0n) is 8.35. The number of hydrogen-bond donors (Lipinski definition) is 1. The molecule has 84 valence electrons. The first-order valence-electron chi connectivity index (χ1n) is 4.46. The van der Waals surface area contributed by atoms with Crippen LogP contribution < -0.4 is 5.73 Å². The van der Waals surface area contributed by atoms with Gasteiger partial charge in [-0.3, -0.25) is 4.79 Å². The van der Waals surface area contributed by atoms with Crippen molar-refractivity contribution < 1.29 is 14.3 Å². The van der Waals surface area contributed by atoms with Gasteiger partial charge in [0, 0.05) is 11.1 Å². The van der Waals surface area contributed by atoms with Gasteiger partial charge in [0.2, 0.25) is 0 Å². The van der Waals surface area contributed by atoms with Crippen LogP contribution in [0.4, 0.5) is 0 Å². The topological polar surface area (TPSA) is 69.4 Å². The highest BCUT2D eigenvalue weighted by atomic mass is 35.5. The van der Waals surface area contributed by atoms with E-state index in [2.05, 4.69) is 4.74 Å². The fraction of sp³-hybridized carbons (Fsp3) is 0.0909. The van der Waals surface area contributed by atoms with Crippen LogP contribution in [0.15, 0.2) is 30.3 Å². The van der Waals surface area contributed by atoms with Crippen molar-refractivity contribution in [1.82, 2.24) is 0 Å². The van der Waals surface area contributed by atoms with Gasteiger partial charge in [-0.1, -0.05) is 23.7 Å². The van der Waals surface area contributed by atoms with Crippen molar-refractivity contribution in [3.8, 4) is 0 Å². The average Bonchev–Trinajstić information content (AvgIpc) is 2.25. The zero-order valence-corrected chi connectivity index (χ0v) is 9.11. The fourth-order valence-electron chi connectivity index (χ4n) is 0.929. The molecule has 0 saturated carbocycles. The van der Waals surface area contributed by atoms with Crippen molar-refractivity contribution in [2.24, 2.45) is 5.73 Å². The van der Waals surface area contributed by atoms with Crippen LogP contribution in [-0.4, -0.2) is 18.5 Å². The first kappa shape index (κ1) is 12.3. The number of esters is 1. The van der Waals surface area contributed by atoms with Crippen LogP contribution in [-0.2, 0) is 14.3 Å². The number of rotatable bonds is 4. The predicted molar refractivity (Wildman–Crippen MR) is 60.6 cm³/mol. The summed E-state index contributed by atoms with van der Waals surface area (Å²) in [6.45, 7) is -0.413. The molecular weight excluding hydrogens is 230 g/mol. The molecule has 5 heteroatoms. The van der Waals surface area contributed by atoms with Crippen LogP contribution in [0, 0.1) is 0 Å². The lowest BCUT2D eigenvalue weighted by molar-refractivity contribution is -0.142. The van der Waals surface area contributed by atoms with Crippen LogP contribution in [0.25, 0.3) is 6.08 Å². The van der Waals surface area contributed by atoms with Crippen molar-refractivity contribution in [2.75, 3.05) is 6.61 Å². The number of halogens is 1. The van der Waals surface area contributed by atoms with Gasteiger partial charge in [-0.15, -0.1) is 0 Å². The Labute approximate surface area is 97.6 Å². The lowest BCUT2D eigenvalue weighted by Gasteiger charge is -1.97. The third-order valence-corrected chi connectivity index (χ3v) is 1.89. The first-order chi connectivity index (χ1) is 7.58. The summed E-state index contributed by atoms with van der Waals surface area (Å²) in [4.78, 5) is 21.4. The van der Waals surface area contributed by atoms with Gasteiger partial charge in [0.1, 0.15) is 0 Å². The predicted octanol–water partition coefficient (Wildman–Crippen LogP) is 1.38. The number of amides is 1. The van der Waals surface area contributed by atoms with Crippen LogP contribution in [0.2, 0.25) is 5.02 Å². The molecule has 0 fully saturated rings. The summed E-state index contributed by atoms with van der Waals surface area (Å²) in [7, 11) is 0. The monoisotopic (exact) mass is 239 g/mol. The molecule has 1 amide bonds. The minimum absolute atomic E-state index is 0.413. The third kappa shape index (κ3) is 4.61. The van der Waals surface area contributed by atoms with E-state index in [0.29, 0.717) is 5.02 Å². The molecule has 0 unspecified atom stereocenters. The standard InChI is InChI=1S/C11H10ClNO3/c12-9-4-1-8(2-5-9)3-6-11(15)16-7-10(13)14/h1-6H,7H2,(H2,13,14). The minimum atomic E-state index is -0.687. The van der Waals surface area contributed by atoms with Crippen LogP contribution in [0.5, 0.6) is 0 Å². The normalized spacial score (nSPS) is 10.3. The van der Waals surface area contributed by atoms with E-state index in [0.717, 1.165) is 5.56 Å². The molecule has 0 aliphatic carbocycles. The van der Waals surface area contributed by atoms with E-state index in [1.165, 1.54) is 6.08 Å². The Morgan fingerprint density at radius 2 is 1.94 bits per heavy atom. The van der Waals surface area contributed by atoms with Gasteiger partial charge in [0.15, 0.2) is 6.61 Å². The van der Waals surface area contributed by atoms with Crippen LogP contribution >= 0.6 is 11.6 Å². The van der Waals surface area contributed by atoms with E-state index < -0.39 is 18.5 Å². The van der Waals surface area contributed by atoms with Crippen LogP contribution in [0.3, 0.4) is 0 Å². The molecule has 0 atom stereocenters. The average molecular weight is 240 g/mol. The summed E-state index contributed by atoms with van der Waals surface area (Å²) in [6, 6.07) is 6.91. The van der Waals surface area contributed by atoms with E-state index in [1.807, 2.05) is 0 Å². The highest BCUT2D eigenvalue weighted by molar-refractivity contribution is 6.30. The van der Waals surface area contributed by atoms with Gasteiger partial charge in [0.05, 0.1) is 0 Å². The fourth-order valence-corrected chi connectivity index (χ4v) is 1.05. The van der Waals surface area contributed by atoms with E-state index >= 15 is 0 Å². The van der Waals surface area contributed by atoms with Crippen molar-refractivity contribution in [2.45, 2.75) is 0 Å². The number of benzene rings is 1. The number of carbonyl (C=O) groups is 2. The number of ether oxygens (including phenoxy) is 1. The largest absolute Gasteiger partial charge is 0.452 e. The molecule has 1 aromatic rings. The summed E-state index contributed by atoms with van der Waals surface area (Å²) in [5, 5.41) is 0.619. The zero-order chi connectivity index (χ0) is 12.0. The Bertz CT molecular complexity index is 412. The molecule has 0 aliphatic heterocycles. The molecule has 0 radical (unpaired) electrons. The Kier molecular flexibility index (Phi) is 4.54. The van der Waals surface area contributed by atoms with Gasteiger partial charge in [0.25, 0.3) is 5.91 Å². The molecule has 4 nitrogen and oxygen atoms in total. The van der Waals surface area contributed by atoms with E-state index in [4.69, 9.17) is 17.3 Å². The second-order valence-corrected chi connectivity index (χ2v) is 3.40. The Morgan fingerprint density at radius 3 is 2.50 bits per heavy atom. The van der Waals surface area contributed by atoms with E-state index in [-0.39, 0.29) is 0 Å². The number of nitrogens with two attached hydrogens (primary N) is 1. The Balaban J connectivity index is 2.50. The molecule has 0 aromatic heterocycles. The Hall–Kier alpha value is -1.81. The molecule has 0 bridgehead atoms. The van der Waals surface area contributed by atoms with Gasteiger partial charge in [-0.25, -0.2) is 4.79 Å². The van der Waals surface area contributed by atoms with E-state index in [9.17, 15) is 9.59 Å². The lowest BCUT2D eigenvalue weighted by atomic mass is 10.2. The Morgan fingerprint density at radius 1 is 1.31 bits per heavy atom. The maximum Gasteiger partial charge on any atom is 0.331 e. The molecule has 0 spiro atoms. The smallest absolute Gasteiger partial charge is 0.331 e. The number of carbonyl (C=O) groups excluding carboxylic acids is 2. The van der Waals surface area contributed by atoms with Crippen LogP contribution in [0.1, 0.15) is 5.56 Å². The second kappa shape index (κ2) is 5.92. The van der Waals surface area contributed by atoms with Crippen molar-refractivity contribution in [1.29, 1.82) is 0 Å². The third-order valence-electron chi connectivity index (χ3n) is 1.64. The number of primary amides is 1. The maximum atomic E-state index is 11.0. The molecule has 1 rings (SSSR count). The van der Waals surface area contributed by atoms with Gasteiger partial charge in [-0.05, 0) is 23.8 Å². The minimum Gasteiger partial charge on any atom is -0.452 e. The highest BCUT2D eigenvalue weighted by Gasteiger charge is 1.99. The van der Waals surface area contributed by atoms with Crippen molar-refractivity contribution in [3.63, 3.8) is 0 Å². The second-order valence-electron chi connectivity index (χ2n) is 2.96. The molecule has 1 aromatic carbocycles. The lowest BCUT2D eigenvalue weighted by Crippen LogP contribution is -2.19. The quantitative estimate of drug-likeness (QED) is 0.638. The first-order valence-corrected chi connectivity index (χ1v) is 4.84. The maximum absolute atomic E-state index is 11.0. The SMILES string of the molecule is NC(=O)COC(=O)C=Cc1ccc(Cl)cc1. The summed E-state index contributed by atoms with van der Waals surface area (Å²) < 4.78 is 4.52. The molecule has 0 heterocycles. The molecule has 2 N–H and O–H groups in total. The summed E-state index contributed by atoms with van der Waals surface area (Å²) >= 11 is 5.69. The summed E-state index contributed by atoms with van der Waals surface area (Å²) in [5.41, 5.74) is 5.62. The van der Waals surface area contributed by atoms with Gasteiger partial charge < -0.3 is 10.5 Å². The van der Waals surface area contributed by atoms with Crippen molar-refractivity contribution >= 4 is 29.6 Å². The highest BCUT2D eigenvalue weighted by Crippen LogP contribution is 2.10. The molecule has 0 saturated heterocycles. The van der Waals surface area contributed by atoms with E-state index in [1.54, 1.807) is 30.3 Å². The number of hydrogen-bond acceptors (Lipinski definition) is 3. The van der Waals surface area contributed by atoms with Gasteiger partial charge >= 0.3 is 5.97 Å². The van der Waals surface area contributed by atoms with Gasteiger partial charge in [-0.2, -0.15) is 0 Å². The van der Waals surface area contributed by atoms with Crippen molar-refractivity contribution in [3.05, 3.63) is 40.9 Å². The summed E-state index contributed by atoms with van der Waals surface area (Å²) in [5.74, 6) is -1.30. The summed E-state index contributed by atoms with van der Waals surface area (Å²) in [6.07, 6.45) is 2.77. The molecule has 16 heavy (non-hydrogen) atoms. The molecular formula is C11H10ClNO3.